The zero-order valence-electron chi connectivity index (χ0n) is 7.87. The SMILES string of the molecule is CCN(c1ccc(Br)cc1)C(C)O. The molecule has 0 bridgehead atoms. The molecule has 1 atom stereocenters. The van der Waals surface area contributed by atoms with Gasteiger partial charge in [-0.2, -0.15) is 0 Å². The Morgan fingerprint density at radius 2 is 1.92 bits per heavy atom. The van der Waals surface area contributed by atoms with Gasteiger partial charge >= 0.3 is 0 Å². The maximum atomic E-state index is 9.45. The number of benzene rings is 1. The Morgan fingerprint density at radius 3 is 2.31 bits per heavy atom. The molecule has 1 aromatic carbocycles. The average molecular weight is 244 g/mol. The summed E-state index contributed by atoms with van der Waals surface area (Å²) in [6, 6.07) is 7.92. The molecule has 0 saturated heterocycles. The van der Waals surface area contributed by atoms with Gasteiger partial charge in [0.1, 0.15) is 6.23 Å². The van der Waals surface area contributed by atoms with Crippen molar-refractivity contribution in [1.29, 1.82) is 0 Å². The largest absolute Gasteiger partial charge is 0.374 e. The van der Waals surface area contributed by atoms with Crippen LogP contribution in [0.15, 0.2) is 28.7 Å². The van der Waals surface area contributed by atoms with E-state index in [2.05, 4.69) is 15.9 Å². The van der Waals surface area contributed by atoms with Crippen molar-refractivity contribution in [2.75, 3.05) is 11.4 Å². The highest BCUT2D eigenvalue weighted by atomic mass is 79.9. The van der Waals surface area contributed by atoms with Gasteiger partial charge in [0.05, 0.1) is 0 Å². The second-order valence-electron chi connectivity index (χ2n) is 2.89. The van der Waals surface area contributed by atoms with E-state index in [1.165, 1.54) is 0 Å². The first-order chi connectivity index (χ1) is 6.15. The van der Waals surface area contributed by atoms with Crippen LogP contribution in [0.3, 0.4) is 0 Å². The lowest BCUT2D eigenvalue weighted by atomic mass is 10.3. The molecular formula is C10H14BrNO. The summed E-state index contributed by atoms with van der Waals surface area (Å²) >= 11 is 3.37. The summed E-state index contributed by atoms with van der Waals surface area (Å²) in [4.78, 5) is 1.92. The van der Waals surface area contributed by atoms with Gasteiger partial charge in [0.15, 0.2) is 0 Å². The van der Waals surface area contributed by atoms with Crippen LogP contribution in [0, 0.1) is 0 Å². The number of aliphatic hydroxyl groups is 1. The highest BCUT2D eigenvalue weighted by Crippen LogP contribution is 2.19. The van der Waals surface area contributed by atoms with Crippen molar-refractivity contribution in [1.82, 2.24) is 0 Å². The zero-order valence-corrected chi connectivity index (χ0v) is 9.45. The van der Waals surface area contributed by atoms with E-state index in [9.17, 15) is 5.11 Å². The molecule has 72 valence electrons. The van der Waals surface area contributed by atoms with Gasteiger partial charge in [0, 0.05) is 16.7 Å². The molecule has 0 aliphatic heterocycles. The summed E-state index contributed by atoms with van der Waals surface area (Å²) in [7, 11) is 0. The molecule has 3 heteroatoms. The normalized spacial score (nSPS) is 12.6. The maximum Gasteiger partial charge on any atom is 0.124 e. The van der Waals surface area contributed by atoms with Crippen molar-refractivity contribution in [3.63, 3.8) is 0 Å². The third-order valence-electron chi connectivity index (χ3n) is 1.95. The molecule has 1 unspecified atom stereocenters. The van der Waals surface area contributed by atoms with Gasteiger partial charge in [-0.05, 0) is 38.1 Å². The lowest BCUT2D eigenvalue weighted by Crippen LogP contribution is -2.32. The van der Waals surface area contributed by atoms with Gasteiger partial charge in [-0.15, -0.1) is 0 Å². The number of hydrogen-bond donors (Lipinski definition) is 1. The average Bonchev–Trinajstić information content (AvgIpc) is 2.09. The van der Waals surface area contributed by atoms with Crippen molar-refractivity contribution in [3.05, 3.63) is 28.7 Å². The Balaban J connectivity index is 2.86. The molecule has 0 fully saturated rings. The van der Waals surface area contributed by atoms with Crippen LogP contribution < -0.4 is 4.90 Å². The Kier molecular flexibility index (Phi) is 3.75. The molecule has 13 heavy (non-hydrogen) atoms. The van der Waals surface area contributed by atoms with E-state index in [0.717, 1.165) is 16.7 Å². The molecule has 1 aromatic rings. The van der Waals surface area contributed by atoms with Crippen LogP contribution in [0.5, 0.6) is 0 Å². The molecule has 0 saturated carbocycles. The first-order valence-electron chi connectivity index (χ1n) is 4.35. The third kappa shape index (κ3) is 2.71. The minimum absolute atomic E-state index is 0.439. The predicted octanol–water partition coefficient (Wildman–Crippen LogP) is 2.61. The number of halogens is 1. The first-order valence-corrected chi connectivity index (χ1v) is 5.14. The fourth-order valence-electron chi connectivity index (χ4n) is 1.30. The lowest BCUT2D eigenvalue weighted by molar-refractivity contribution is 0.190. The van der Waals surface area contributed by atoms with E-state index in [0.29, 0.717) is 0 Å². The zero-order chi connectivity index (χ0) is 9.84. The summed E-state index contributed by atoms with van der Waals surface area (Å²) in [5.74, 6) is 0. The highest BCUT2D eigenvalue weighted by molar-refractivity contribution is 9.10. The number of aliphatic hydroxyl groups excluding tert-OH is 1. The fraction of sp³-hybridized carbons (Fsp3) is 0.400. The number of anilines is 1. The minimum Gasteiger partial charge on any atom is -0.374 e. The molecule has 1 rings (SSSR count). The van der Waals surface area contributed by atoms with Gasteiger partial charge < -0.3 is 10.0 Å². The third-order valence-corrected chi connectivity index (χ3v) is 2.48. The Hall–Kier alpha value is -0.540. The summed E-state index contributed by atoms with van der Waals surface area (Å²) in [5, 5.41) is 9.45. The van der Waals surface area contributed by atoms with Crippen LogP contribution in [0.25, 0.3) is 0 Å². The van der Waals surface area contributed by atoms with E-state index in [1.807, 2.05) is 36.1 Å². The number of rotatable bonds is 3. The smallest absolute Gasteiger partial charge is 0.124 e. The van der Waals surface area contributed by atoms with Crippen molar-refractivity contribution < 1.29 is 5.11 Å². The summed E-state index contributed by atoms with van der Waals surface area (Å²) in [6.07, 6.45) is -0.439. The molecule has 0 heterocycles. The van der Waals surface area contributed by atoms with E-state index >= 15 is 0 Å². The van der Waals surface area contributed by atoms with Gasteiger partial charge in [-0.1, -0.05) is 15.9 Å². The van der Waals surface area contributed by atoms with Crippen LogP contribution in [0.2, 0.25) is 0 Å². The first kappa shape index (κ1) is 10.5. The molecule has 0 aliphatic rings. The summed E-state index contributed by atoms with van der Waals surface area (Å²) in [6.45, 7) is 4.60. The van der Waals surface area contributed by atoms with Crippen LogP contribution >= 0.6 is 15.9 Å². The van der Waals surface area contributed by atoms with Crippen molar-refractivity contribution in [2.24, 2.45) is 0 Å². The van der Waals surface area contributed by atoms with Crippen LogP contribution in [0.4, 0.5) is 5.69 Å². The fourth-order valence-corrected chi connectivity index (χ4v) is 1.56. The van der Waals surface area contributed by atoms with Crippen LogP contribution in [0.1, 0.15) is 13.8 Å². The Morgan fingerprint density at radius 1 is 1.38 bits per heavy atom. The Bertz CT molecular complexity index is 258. The maximum absolute atomic E-state index is 9.45. The standard InChI is InChI=1S/C10H14BrNO/c1-3-12(8(2)13)10-6-4-9(11)5-7-10/h4-8,13H,3H2,1-2H3. The van der Waals surface area contributed by atoms with Crippen molar-refractivity contribution >= 4 is 21.6 Å². The quantitative estimate of drug-likeness (QED) is 0.826. The second-order valence-corrected chi connectivity index (χ2v) is 3.81. The Labute approximate surface area is 87.3 Å². The van der Waals surface area contributed by atoms with E-state index in [-0.39, 0.29) is 0 Å². The number of nitrogens with zero attached hydrogens (tertiary/aromatic N) is 1. The predicted molar refractivity (Wildman–Crippen MR) is 58.8 cm³/mol. The van der Waals surface area contributed by atoms with Crippen molar-refractivity contribution in [2.45, 2.75) is 20.1 Å². The molecule has 0 radical (unpaired) electrons. The van der Waals surface area contributed by atoms with Gasteiger partial charge in [-0.25, -0.2) is 0 Å². The van der Waals surface area contributed by atoms with Crippen molar-refractivity contribution in [3.8, 4) is 0 Å². The van der Waals surface area contributed by atoms with E-state index in [4.69, 9.17) is 0 Å². The molecule has 0 spiro atoms. The summed E-state index contributed by atoms with van der Waals surface area (Å²) in [5.41, 5.74) is 1.04. The number of hydrogen-bond acceptors (Lipinski definition) is 2. The van der Waals surface area contributed by atoms with E-state index < -0.39 is 6.23 Å². The topological polar surface area (TPSA) is 23.5 Å². The molecule has 0 aliphatic carbocycles. The monoisotopic (exact) mass is 243 g/mol. The van der Waals surface area contributed by atoms with Gasteiger partial charge in [-0.3, -0.25) is 0 Å². The van der Waals surface area contributed by atoms with Crippen LogP contribution in [-0.2, 0) is 0 Å². The highest BCUT2D eigenvalue weighted by Gasteiger charge is 2.08. The lowest BCUT2D eigenvalue weighted by Gasteiger charge is -2.26. The molecule has 0 aromatic heterocycles. The summed E-state index contributed by atoms with van der Waals surface area (Å²) < 4.78 is 1.05. The van der Waals surface area contributed by atoms with Crippen LogP contribution in [-0.4, -0.2) is 17.9 Å². The molecule has 1 N–H and O–H groups in total. The van der Waals surface area contributed by atoms with Gasteiger partial charge in [0.2, 0.25) is 0 Å². The molecular weight excluding hydrogens is 230 g/mol. The van der Waals surface area contributed by atoms with E-state index in [1.54, 1.807) is 6.92 Å². The molecule has 2 nitrogen and oxygen atoms in total. The van der Waals surface area contributed by atoms with Gasteiger partial charge in [0.25, 0.3) is 0 Å². The molecule has 0 amide bonds. The second kappa shape index (κ2) is 4.63. The minimum atomic E-state index is -0.439.